The van der Waals surface area contributed by atoms with Gasteiger partial charge in [-0.15, -0.1) is 11.3 Å². The number of aromatic carboxylic acids is 1. The first-order valence-corrected chi connectivity index (χ1v) is 12.1. The van der Waals surface area contributed by atoms with Crippen LogP contribution in [0.25, 0.3) is 15.9 Å². The number of aromatic nitrogens is 3. The van der Waals surface area contributed by atoms with Crippen LogP contribution in [-0.2, 0) is 13.2 Å². The maximum absolute atomic E-state index is 14.3. The molecule has 0 saturated heterocycles. The highest BCUT2D eigenvalue weighted by Crippen LogP contribution is 2.28. The lowest BCUT2D eigenvalue weighted by atomic mass is 10.0. The predicted molar refractivity (Wildman–Crippen MR) is 133 cm³/mol. The highest BCUT2D eigenvalue weighted by molar-refractivity contribution is 7.20. The van der Waals surface area contributed by atoms with Gasteiger partial charge >= 0.3 is 5.97 Å². The second-order valence-corrected chi connectivity index (χ2v) is 9.69. The SMILES string of the molecule is Nn1c(CN2CC=C(c3ccc(F)c(OCc4ccc(Cl)cc4F)n3)CC2)nc2sc(C(=O)O)cc21. The molecule has 3 aromatic heterocycles. The molecule has 8 nitrogen and oxygen atoms in total. The summed E-state index contributed by atoms with van der Waals surface area (Å²) < 4.78 is 35.2. The second kappa shape index (κ2) is 9.84. The van der Waals surface area contributed by atoms with Crippen LogP contribution in [0.15, 0.2) is 42.5 Å². The molecule has 0 radical (unpaired) electrons. The quantitative estimate of drug-likeness (QED) is 0.333. The summed E-state index contributed by atoms with van der Waals surface area (Å²) in [5.41, 5.74) is 2.36. The van der Waals surface area contributed by atoms with E-state index in [1.54, 1.807) is 6.07 Å². The zero-order valence-electron chi connectivity index (χ0n) is 18.7. The van der Waals surface area contributed by atoms with Gasteiger partial charge in [-0.05, 0) is 42.3 Å². The van der Waals surface area contributed by atoms with E-state index in [1.807, 2.05) is 6.08 Å². The monoisotopic (exact) mass is 531 g/mol. The van der Waals surface area contributed by atoms with Gasteiger partial charge in [0.25, 0.3) is 5.88 Å². The van der Waals surface area contributed by atoms with Crippen LogP contribution >= 0.6 is 22.9 Å². The van der Waals surface area contributed by atoms with Crippen molar-refractivity contribution in [3.05, 3.63) is 81.1 Å². The Labute approximate surface area is 213 Å². The van der Waals surface area contributed by atoms with Crippen molar-refractivity contribution in [2.45, 2.75) is 19.6 Å². The molecule has 5 rings (SSSR count). The molecule has 0 saturated carbocycles. The number of nitrogen functional groups attached to an aromatic ring is 1. The third-order valence-electron chi connectivity index (χ3n) is 5.85. The number of nitrogens with two attached hydrogens (primary N) is 1. The van der Waals surface area contributed by atoms with Gasteiger partial charge in [0.15, 0.2) is 5.82 Å². The first-order chi connectivity index (χ1) is 17.3. The molecule has 4 heterocycles. The zero-order chi connectivity index (χ0) is 25.4. The fraction of sp³-hybridized carbons (Fsp3) is 0.208. The van der Waals surface area contributed by atoms with Crippen LogP contribution in [0.3, 0.4) is 0 Å². The van der Waals surface area contributed by atoms with E-state index in [0.29, 0.717) is 47.9 Å². The molecule has 4 aromatic rings. The number of fused-ring (bicyclic) bond motifs is 1. The minimum absolute atomic E-state index is 0.180. The fourth-order valence-electron chi connectivity index (χ4n) is 3.93. The van der Waals surface area contributed by atoms with Crippen molar-refractivity contribution in [1.82, 2.24) is 19.5 Å². The van der Waals surface area contributed by atoms with Gasteiger partial charge in [-0.2, -0.15) is 0 Å². The van der Waals surface area contributed by atoms with E-state index in [-0.39, 0.29) is 28.0 Å². The Hall–Kier alpha value is -3.54. The van der Waals surface area contributed by atoms with Gasteiger partial charge in [0.05, 0.1) is 12.2 Å². The lowest BCUT2D eigenvalue weighted by Gasteiger charge is -2.25. The number of thiophene rings is 1. The fourth-order valence-corrected chi connectivity index (χ4v) is 4.97. The molecule has 1 aliphatic heterocycles. The van der Waals surface area contributed by atoms with Crippen molar-refractivity contribution in [2.75, 3.05) is 18.9 Å². The van der Waals surface area contributed by atoms with Crippen LogP contribution in [0.2, 0.25) is 5.02 Å². The highest BCUT2D eigenvalue weighted by Gasteiger charge is 2.20. The number of hydrogen-bond acceptors (Lipinski definition) is 7. The Kier molecular flexibility index (Phi) is 6.61. The number of carboxylic acids is 1. The van der Waals surface area contributed by atoms with Crippen LogP contribution in [0, 0.1) is 11.6 Å². The molecule has 0 bridgehead atoms. The van der Waals surface area contributed by atoms with Crippen LogP contribution in [0.1, 0.15) is 33.2 Å². The molecular formula is C24H20ClF2N5O3S. The number of imidazole rings is 1. The van der Waals surface area contributed by atoms with Crippen molar-refractivity contribution in [1.29, 1.82) is 0 Å². The van der Waals surface area contributed by atoms with E-state index < -0.39 is 17.6 Å². The third-order valence-corrected chi connectivity index (χ3v) is 7.09. The van der Waals surface area contributed by atoms with E-state index in [9.17, 15) is 13.6 Å². The Balaban J connectivity index is 1.25. The van der Waals surface area contributed by atoms with Gasteiger partial charge in [-0.1, -0.05) is 23.7 Å². The molecular weight excluding hydrogens is 512 g/mol. The lowest BCUT2D eigenvalue weighted by Crippen LogP contribution is -2.30. The van der Waals surface area contributed by atoms with Crippen LogP contribution in [0.5, 0.6) is 5.88 Å². The van der Waals surface area contributed by atoms with Gasteiger partial charge < -0.3 is 15.7 Å². The minimum Gasteiger partial charge on any atom is -0.477 e. The van der Waals surface area contributed by atoms with Gasteiger partial charge in [-0.25, -0.2) is 28.2 Å². The number of ether oxygens (including phenoxy) is 1. The van der Waals surface area contributed by atoms with Crippen molar-refractivity contribution in [3.63, 3.8) is 0 Å². The Morgan fingerprint density at radius 1 is 1.19 bits per heavy atom. The Morgan fingerprint density at radius 2 is 2.03 bits per heavy atom. The largest absolute Gasteiger partial charge is 0.477 e. The average molecular weight is 532 g/mol. The normalized spacial score (nSPS) is 14.2. The molecule has 12 heteroatoms. The molecule has 0 fully saturated rings. The molecule has 0 atom stereocenters. The summed E-state index contributed by atoms with van der Waals surface area (Å²) in [6.07, 6.45) is 2.66. The molecule has 0 aliphatic carbocycles. The maximum atomic E-state index is 14.3. The van der Waals surface area contributed by atoms with Gasteiger partial charge in [0.2, 0.25) is 0 Å². The predicted octanol–water partition coefficient (Wildman–Crippen LogP) is 4.70. The molecule has 186 valence electrons. The highest BCUT2D eigenvalue weighted by atomic mass is 35.5. The molecule has 3 N–H and O–H groups in total. The molecule has 0 spiro atoms. The number of carbonyl (C=O) groups is 1. The summed E-state index contributed by atoms with van der Waals surface area (Å²) in [7, 11) is 0. The van der Waals surface area contributed by atoms with E-state index in [1.165, 1.54) is 35.0 Å². The zero-order valence-corrected chi connectivity index (χ0v) is 20.3. The van der Waals surface area contributed by atoms with Crippen molar-refractivity contribution >= 4 is 44.8 Å². The number of carboxylic acid groups (broad SMARTS) is 1. The standard InChI is InChI=1S/C24H20ClF2N5O3S/c25-15-2-1-14(17(27)9-15)12-35-22-16(26)3-4-18(29-22)13-5-7-31(8-6-13)11-21-30-23-19(32(21)28)10-20(36-23)24(33)34/h1-5,9-10H,6-8,11-12,28H2,(H,33,34). The van der Waals surface area contributed by atoms with Crippen molar-refractivity contribution < 1.29 is 23.4 Å². The summed E-state index contributed by atoms with van der Waals surface area (Å²) in [6.45, 7) is 1.60. The number of hydrogen-bond donors (Lipinski definition) is 2. The Bertz CT molecular complexity index is 1500. The molecule has 36 heavy (non-hydrogen) atoms. The number of benzene rings is 1. The summed E-state index contributed by atoms with van der Waals surface area (Å²) in [5.74, 6) is 4.41. The number of nitrogens with zero attached hydrogens (tertiary/aromatic N) is 4. The summed E-state index contributed by atoms with van der Waals surface area (Å²) in [4.78, 5) is 22.9. The van der Waals surface area contributed by atoms with Crippen LogP contribution < -0.4 is 10.6 Å². The van der Waals surface area contributed by atoms with Gasteiger partial charge in [0.1, 0.15) is 33.5 Å². The van der Waals surface area contributed by atoms with Gasteiger partial charge in [0, 0.05) is 23.7 Å². The number of rotatable bonds is 7. The first kappa shape index (κ1) is 24.2. The topological polar surface area (TPSA) is 107 Å². The number of halogens is 3. The lowest BCUT2D eigenvalue weighted by molar-refractivity contribution is 0.0702. The van der Waals surface area contributed by atoms with E-state index in [4.69, 9.17) is 27.3 Å². The van der Waals surface area contributed by atoms with E-state index >= 15 is 0 Å². The average Bonchev–Trinajstić information content (AvgIpc) is 3.40. The van der Waals surface area contributed by atoms with E-state index in [2.05, 4.69) is 14.9 Å². The maximum Gasteiger partial charge on any atom is 0.346 e. The summed E-state index contributed by atoms with van der Waals surface area (Å²) in [5, 5.41) is 9.41. The van der Waals surface area contributed by atoms with Crippen molar-refractivity contribution in [2.24, 2.45) is 0 Å². The molecule has 0 amide bonds. The first-order valence-electron chi connectivity index (χ1n) is 10.9. The second-order valence-electron chi connectivity index (χ2n) is 8.23. The van der Waals surface area contributed by atoms with Crippen LogP contribution in [-0.4, -0.2) is 43.7 Å². The number of pyridine rings is 1. The van der Waals surface area contributed by atoms with Crippen molar-refractivity contribution in [3.8, 4) is 5.88 Å². The summed E-state index contributed by atoms with van der Waals surface area (Å²) in [6, 6.07) is 8.59. The minimum atomic E-state index is -1.01. The van der Waals surface area contributed by atoms with Crippen LogP contribution in [0.4, 0.5) is 8.78 Å². The van der Waals surface area contributed by atoms with E-state index in [0.717, 1.165) is 16.9 Å². The molecule has 0 unspecified atom stereocenters. The van der Waals surface area contributed by atoms with Gasteiger partial charge in [-0.3, -0.25) is 4.90 Å². The smallest absolute Gasteiger partial charge is 0.346 e. The molecule has 1 aliphatic rings. The Morgan fingerprint density at radius 3 is 2.72 bits per heavy atom. The third kappa shape index (κ3) is 4.90. The molecule has 1 aromatic carbocycles. The summed E-state index contributed by atoms with van der Waals surface area (Å²) >= 11 is 6.85.